The van der Waals surface area contributed by atoms with Crippen molar-refractivity contribution < 1.29 is 22.7 Å². The zero-order valence-corrected chi connectivity index (χ0v) is 29.7. The van der Waals surface area contributed by atoms with Gasteiger partial charge in [-0.05, 0) is 105 Å². The molecule has 48 heavy (non-hydrogen) atoms. The van der Waals surface area contributed by atoms with E-state index in [1.807, 2.05) is 18.2 Å². The number of ether oxygens (including phenoxy) is 1. The van der Waals surface area contributed by atoms with Gasteiger partial charge < -0.3 is 19.5 Å². The number of hydrogen-bond donors (Lipinski definition) is 2. The van der Waals surface area contributed by atoms with Crippen molar-refractivity contribution in [1.29, 1.82) is 0 Å². The summed E-state index contributed by atoms with van der Waals surface area (Å²) in [6, 6.07) is 11.9. The van der Waals surface area contributed by atoms with Gasteiger partial charge in [0.15, 0.2) is 0 Å². The number of aromatic nitrogens is 1. The highest BCUT2D eigenvalue weighted by atomic mass is 32.2. The van der Waals surface area contributed by atoms with E-state index in [1.54, 1.807) is 13.2 Å². The summed E-state index contributed by atoms with van der Waals surface area (Å²) in [7, 11) is 0.473. The fraction of sp³-hybridized carbons (Fsp3) is 0.568. The van der Waals surface area contributed by atoms with Gasteiger partial charge in [-0.3, -0.25) is 9.59 Å². The van der Waals surface area contributed by atoms with Gasteiger partial charge in [-0.15, -0.1) is 0 Å². The molecule has 2 amide bonds. The molecule has 4 aliphatic heterocycles. The third-order valence-corrected chi connectivity index (χ3v) is 13.4. The average molecular weight is 676 g/mol. The lowest BCUT2D eigenvalue weighted by atomic mass is 9.72. The van der Waals surface area contributed by atoms with Crippen LogP contribution >= 0.6 is 0 Å². The van der Waals surface area contributed by atoms with E-state index in [0.29, 0.717) is 18.4 Å². The SMILES string of the molecule is COc1ccc2c(c1)C(C)C(C)(C(=O)N[C@H]1CN3CCC1CC3)Cn1c-2c(C2CCCCC2)c2ccc(C(=O)NS(=O)(=O)N(C)C)cc21. The van der Waals surface area contributed by atoms with Crippen molar-refractivity contribution in [1.82, 2.24) is 23.8 Å². The number of methoxy groups -OCH3 is 1. The van der Waals surface area contributed by atoms with Crippen molar-refractivity contribution in [2.45, 2.75) is 83.2 Å². The number of rotatable bonds is 7. The molecule has 2 unspecified atom stereocenters. The molecule has 11 heteroatoms. The summed E-state index contributed by atoms with van der Waals surface area (Å²) >= 11 is 0. The van der Waals surface area contributed by atoms with Crippen LogP contribution in [0.15, 0.2) is 36.4 Å². The standard InChI is InChI=1S/C37H49N5O5S/c1-23-30-20-27(47-5)12-14-28(30)34-33(25-9-7-6-8-10-25)29-13-11-26(35(43)39-48(45,46)40(3)4)19-32(29)42(34)22-37(23,2)36(44)38-31-21-41-17-15-24(31)16-18-41/h11-14,19-20,23-25,31H,6-10,15-18,21-22H2,1-5H3,(H,38,44)(H,39,43)/t23?,31-,37?/m0/s1. The Morgan fingerprint density at radius 1 is 1.00 bits per heavy atom. The molecule has 5 aliphatic rings. The molecule has 1 aliphatic carbocycles. The second kappa shape index (κ2) is 12.5. The van der Waals surface area contributed by atoms with E-state index < -0.39 is 21.5 Å². The highest BCUT2D eigenvalue weighted by molar-refractivity contribution is 7.87. The van der Waals surface area contributed by atoms with E-state index in [4.69, 9.17) is 4.74 Å². The van der Waals surface area contributed by atoms with Crippen LogP contribution in [0, 0.1) is 11.3 Å². The second-order valence-electron chi connectivity index (χ2n) is 14.9. The van der Waals surface area contributed by atoms with Crippen molar-refractivity contribution in [2.75, 3.05) is 40.8 Å². The van der Waals surface area contributed by atoms with Crippen LogP contribution in [0.25, 0.3) is 22.2 Å². The van der Waals surface area contributed by atoms with Crippen molar-refractivity contribution in [3.05, 3.63) is 53.1 Å². The highest BCUT2D eigenvalue weighted by Gasteiger charge is 2.47. The first-order valence-corrected chi connectivity index (χ1v) is 19.0. The van der Waals surface area contributed by atoms with Crippen LogP contribution in [-0.2, 0) is 21.5 Å². The summed E-state index contributed by atoms with van der Waals surface area (Å²) in [5, 5.41) is 4.59. The summed E-state index contributed by atoms with van der Waals surface area (Å²) in [6.07, 6.45) is 7.92. The summed E-state index contributed by atoms with van der Waals surface area (Å²) in [6.45, 7) is 7.76. The fourth-order valence-electron chi connectivity index (χ4n) is 8.82. The molecule has 2 N–H and O–H groups in total. The normalized spacial score (nSPS) is 27.3. The predicted molar refractivity (Wildman–Crippen MR) is 187 cm³/mol. The number of amides is 2. The van der Waals surface area contributed by atoms with Crippen LogP contribution in [0.1, 0.15) is 92.1 Å². The monoisotopic (exact) mass is 675 g/mol. The second-order valence-corrected chi connectivity index (χ2v) is 16.8. The molecule has 258 valence electrons. The van der Waals surface area contributed by atoms with Crippen molar-refractivity contribution in [3.63, 3.8) is 0 Å². The molecule has 0 spiro atoms. The van der Waals surface area contributed by atoms with E-state index in [0.717, 1.165) is 95.9 Å². The van der Waals surface area contributed by atoms with Crippen LogP contribution in [0.3, 0.4) is 0 Å². The Morgan fingerprint density at radius 2 is 1.73 bits per heavy atom. The summed E-state index contributed by atoms with van der Waals surface area (Å²) < 4.78 is 36.4. The maximum Gasteiger partial charge on any atom is 0.303 e. The van der Waals surface area contributed by atoms with Gasteiger partial charge in [-0.1, -0.05) is 32.3 Å². The number of benzene rings is 2. The molecule has 8 rings (SSSR count). The molecular formula is C37H49N5O5S. The minimum absolute atomic E-state index is 0.0439. The van der Waals surface area contributed by atoms with E-state index in [1.165, 1.54) is 26.1 Å². The number of fused-ring (bicyclic) bond motifs is 8. The number of nitrogens with zero attached hydrogens (tertiary/aromatic N) is 3. The lowest BCUT2D eigenvalue weighted by molar-refractivity contribution is -0.134. The fourth-order valence-corrected chi connectivity index (χ4v) is 9.36. The van der Waals surface area contributed by atoms with Crippen molar-refractivity contribution in [2.24, 2.45) is 11.3 Å². The molecule has 3 aromatic rings. The van der Waals surface area contributed by atoms with E-state index in [-0.39, 0.29) is 23.4 Å². The molecule has 4 fully saturated rings. The van der Waals surface area contributed by atoms with Crippen LogP contribution < -0.4 is 14.8 Å². The molecule has 5 heterocycles. The highest BCUT2D eigenvalue weighted by Crippen LogP contribution is 2.52. The maximum absolute atomic E-state index is 14.7. The van der Waals surface area contributed by atoms with Gasteiger partial charge in [0.05, 0.1) is 18.2 Å². The van der Waals surface area contributed by atoms with Gasteiger partial charge in [0.25, 0.3) is 5.91 Å². The minimum atomic E-state index is -3.98. The van der Waals surface area contributed by atoms with Crippen LogP contribution in [0.4, 0.5) is 0 Å². The van der Waals surface area contributed by atoms with E-state index in [9.17, 15) is 18.0 Å². The van der Waals surface area contributed by atoms with Crippen LogP contribution in [-0.4, -0.2) is 80.9 Å². The van der Waals surface area contributed by atoms with E-state index >= 15 is 0 Å². The zero-order valence-electron chi connectivity index (χ0n) is 28.8. The van der Waals surface area contributed by atoms with Gasteiger partial charge in [0, 0.05) is 55.3 Å². The summed E-state index contributed by atoms with van der Waals surface area (Å²) in [5.41, 5.74) is 4.79. The van der Waals surface area contributed by atoms with Gasteiger partial charge in [-0.2, -0.15) is 12.7 Å². The summed E-state index contributed by atoms with van der Waals surface area (Å²) in [4.78, 5) is 30.6. The van der Waals surface area contributed by atoms with Crippen molar-refractivity contribution >= 4 is 32.9 Å². The van der Waals surface area contributed by atoms with Crippen molar-refractivity contribution in [3.8, 4) is 17.0 Å². The maximum atomic E-state index is 14.7. The Balaban J connectivity index is 1.41. The number of nitrogens with one attached hydrogen (secondary N) is 2. The Bertz CT molecular complexity index is 1850. The Kier molecular flexibility index (Phi) is 8.61. The topological polar surface area (TPSA) is 113 Å². The molecule has 3 atom stereocenters. The largest absolute Gasteiger partial charge is 0.497 e. The third kappa shape index (κ3) is 5.61. The molecule has 1 aromatic heterocycles. The van der Waals surface area contributed by atoms with Gasteiger partial charge >= 0.3 is 10.2 Å². The molecule has 2 aromatic carbocycles. The Labute approximate surface area is 284 Å². The molecule has 0 radical (unpaired) electrons. The van der Waals surface area contributed by atoms with Crippen LogP contribution in [0.2, 0.25) is 0 Å². The molecule has 3 saturated heterocycles. The smallest absolute Gasteiger partial charge is 0.303 e. The number of carbonyl (C=O) groups excluding carboxylic acids is 2. The third-order valence-electron chi connectivity index (χ3n) is 12.0. The summed E-state index contributed by atoms with van der Waals surface area (Å²) in [5.74, 6) is 0.802. The first-order chi connectivity index (χ1) is 22.9. The number of carbonyl (C=O) groups is 2. The number of piperidine rings is 3. The Hall–Kier alpha value is -3.41. The zero-order chi connectivity index (χ0) is 34.0. The lowest BCUT2D eigenvalue weighted by Gasteiger charge is -2.46. The predicted octanol–water partition coefficient (Wildman–Crippen LogP) is 5.23. The molecular weight excluding hydrogens is 627 g/mol. The first kappa shape index (κ1) is 33.1. The van der Waals surface area contributed by atoms with Gasteiger partial charge in [0.1, 0.15) is 5.75 Å². The average Bonchev–Trinajstić information content (AvgIpc) is 3.36. The van der Waals surface area contributed by atoms with Crippen LogP contribution in [0.5, 0.6) is 5.75 Å². The number of hydrogen-bond acceptors (Lipinski definition) is 6. The van der Waals surface area contributed by atoms with Gasteiger partial charge in [0.2, 0.25) is 5.91 Å². The van der Waals surface area contributed by atoms with E-state index in [2.05, 4.69) is 45.5 Å². The Morgan fingerprint density at radius 3 is 2.38 bits per heavy atom. The molecule has 2 bridgehead atoms. The molecule has 1 saturated carbocycles. The molecule has 10 nitrogen and oxygen atoms in total. The first-order valence-electron chi connectivity index (χ1n) is 17.5. The quantitative estimate of drug-likeness (QED) is 0.355. The van der Waals surface area contributed by atoms with Gasteiger partial charge in [-0.25, -0.2) is 4.72 Å². The minimum Gasteiger partial charge on any atom is -0.497 e. The lowest BCUT2D eigenvalue weighted by Crippen LogP contribution is -2.59.